The molecule has 2 atom stereocenters. The summed E-state index contributed by atoms with van der Waals surface area (Å²) < 4.78 is 19.7. The summed E-state index contributed by atoms with van der Waals surface area (Å²) in [6, 6.07) is 0. The van der Waals surface area contributed by atoms with Gasteiger partial charge in [-0.25, -0.2) is 4.57 Å². The number of unbranched alkanes of at least 4 members (excludes halogenated alkanes) is 13. The molecule has 196 valence electrons. The lowest BCUT2D eigenvalue weighted by molar-refractivity contribution is 0.0653. The van der Waals surface area contributed by atoms with Gasteiger partial charge in [0.15, 0.2) is 0 Å². The average Bonchev–Trinajstić information content (AvgIpc) is 2.74. The molecule has 0 rings (SSSR count). The summed E-state index contributed by atoms with van der Waals surface area (Å²) >= 11 is 1.82. The molecule has 7 nitrogen and oxygen atoms in total. The topological polar surface area (TPSA) is 116 Å². The van der Waals surface area contributed by atoms with Gasteiger partial charge < -0.3 is 29.3 Å². The largest absolute Gasteiger partial charge is 0.466 e. The maximum Gasteiger partial charge on any atom is 0.466 e. The molecule has 0 aliphatic carbocycles. The zero-order valence-corrected chi connectivity index (χ0v) is 22.5. The molecule has 0 aromatic rings. The SMILES string of the molecule is CCCCCCCCCCCCCCCCC(CSCC(CO)OC)OC.O=P(O)(O)O. The molecule has 32 heavy (non-hydrogen) atoms. The van der Waals surface area contributed by atoms with Gasteiger partial charge in [0, 0.05) is 25.7 Å². The van der Waals surface area contributed by atoms with E-state index in [1.807, 2.05) is 18.9 Å². The quantitative estimate of drug-likeness (QED) is 0.110. The average molecular weight is 503 g/mol. The van der Waals surface area contributed by atoms with Crippen molar-refractivity contribution >= 4 is 19.6 Å². The second-order valence-corrected chi connectivity index (χ2v) is 10.4. The molecule has 0 aromatic carbocycles. The zero-order valence-electron chi connectivity index (χ0n) is 20.8. The van der Waals surface area contributed by atoms with Crippen LogP contribution in [0.5, 0.6) is 0 Å². The van der Waals surface area contributed by atoms with Crippen molar-refractivity contribution in [3.63, 3.8) is 0 Å². The van der Waals surface area contributed by atoms with Crippen molar-refractivity contribution in [2.45, 2.75) is 115 Å². The minimum atomic E-state index is -4.64. The first-order chi connectivity index (χ1) is 15.3. The van der Waals surface area contributed by atoms with Crippen molar-refractivity contribution < 1.29 is 33.8 Å². The summed E-state index contributed by atoms with van der Waals surface area (Å²) in [5, 5.41) is 9.12. The van der Waals surface area contributed by atoms with Gasteiger partial charge in [-0.15, -0.1) is 0 Å². The van der Waals surface area contributed by atoms with E-state index in [2.05, 4.69) is 6.92 Å². The van der Waals surface area contributed by atoms with E-state index in [9.17, 15) is 0 Å². The summed E-state index contributed by atoms with van der Waals surface area (Å²) in [7, 11) is -1.17. The standard InChI is InChI=1S/C23H48O3S.H3O4P/c1-4-5-6-7-8-9-10-11-12-13-14-15-16-17-18-22(25-2)20-27-21-23(19-24)26-3;1-5(2,3)4/h22-24H,4-21H2,1-3H3;(H3,1,2,3,4). The van der Waals surface area contributed by atoms with E-state index in [1.165, 1.54) is 89.9 Å². The van der Waals surface area contributed by atoms with Gasteiger partial charge in [-0.1, -0.05) is 96.8 Å². The second kappa shape index (κ2) is 26.0. The third-order valence-electron chi connectivity index (χ3n) is 5.36. The van der Waals surface area contributed by atoms with Crippen LogP contribution in [0.15, 0.2) is 0 Å². The van der Waals surface area contributed by atoms with Gasteiger partial charge in [0.2, 0.25) is 0 Å². The molecule has 0 bridgehead atoms. The van der Waals surface area contributed by atoms with Crippen molar-refractivity contribution in [1.29, 1.82) is 0 Å². The lowest BCUT2D eigenvalue weighted by Gasteiger charge is -2.17. The number of phosphoric acid groups is 1. The predicted octanol–water partition coefficient (Wildman–Crippen LogP) is 5.68. The number of aliphatic hydroxyl groups excluding tert-OH is 1. The lowest BCUT2D eigenvalue weighted by Crippen LogP contribution is -2.21. The van der Waals surface area contributed by atoms with E-state index >= 15 is 0 Å². The van der Waals surface area contributed by atoms with Crippen molar-refractivity contribution in [3.05, 3.63) is 0 Å². The van der Waals surface area contributed by atoms with Crippen LogP contribution in [-0.4, -0.2) is 64.3 Å². The minimum absolute atomic E-state index is 0.0476. The summed E-state index contributed by atoms with van der Waals surface area (Å²) in [6.45, 7) is 2.38. The Bertz CT molecular complexity index is 398. The number of hydrogen-bond acceptors (Lipinski definition) is 5. The molecule has 0 aromatic heterocycles. The molecular weight excluding hydrogens is 451 g/mol. The number of rotatable bonds is 22. The third-order valence-corrected chi connectivity index (χ3v) is 6.57. The number of ether oxygens (including phenoxy) is 2. The van der Waals surface area contributed by atoms with Gasteiger partial charge in [0.05, 0.1) is 18.8 Å². The van der Waals surface area contributed by atoms with E-state index < -0.39 is 7.82 Å². The summed E-state index contributed by atoms with van der Waals surface area (Å²) in [4.78, 5) is 21.6. The molecule has 2 unspecified atom stereocenters. The fourth-order valence-electron chi connectivity index (χ4n) is 3.36. The molecule has 0 aliphatic heterocycles. The number of thioether (sulfide) groups is 1. The van der Waals surface area contributed by atoms with Crippen LogP contribution in [0.25, 0.3) is 0 Å². The molecule has 0 heterocycles. The van der Waals surface area contributed by atoms with Crippen LogP contribution in [0.2, 0.25) is 0 Å². The van der Waals surface area contributed by atoms with Gasteiger partial charge >= 0.3 is 7.82 Å². The highest BCUT2D eigenvalue weighted by atomic mass is 32.2. The number of aliphatic hydroxyl groups is 1. The van der Waals surface area contributed by atoms with Crippen molar-refractivity contribution in [1.82, 2.24) is 0 Å². The van der Waals surface area contributed by atoms with Crippen LogP contribution in [0.4, 0.5) is 0 Å². The highest BCUT2D eigenvalue weighted by Crippen LogP contribution is 2.25. The zero-order chi connectivity index (χ0) is 24.5. The molecule has 0 spiro atoms. The smallest absolute Gasteiger partial charge is 0.394 e. The van der Waals surface area contributed by atoms with E-state index in [-0.39, 0.29) is 12.7 Å². The van der Waals surface area contributed by atoms with Crippen molar-refractivity contribution in [2.24, 2.45) is 0 Å². The van der Waals surface area contributed by atoms with E-state index in [4.69, 9.17) is 33.8 Å². The summed E-state index contributed by atoms with van der Waals surface area (Å²) in [5.41, 5.74) is 0. The van der Waals surface area contributed by atoms with Crippen molar-refractivity contribution in [2.75, 3.05) is 32.3 Å². The molecule has 0 fully saturated rings. The molecule has 0 saturated carbocycles. The first-order valence-electron chi connectivity index (χ1n) is 12.3. The maximum absolute atomic E-state index is 9.12. The van der Waals surface area contributed by atoms with Gasteiger partial charge in [0.1, 0.15) is 0 Å². The Morgan fingerprint density at radius 2 is 1.03 bits per heavy atom. The lowest BCUT2D eigenvalue weighted by atomic mass is 10.0. The fourth-order valence-corrected chi connectivity index (χ4v) is 4.57. The van der Waals surface area contributed by atoms with Crippen LogP contribution >= 0.6 is 19.6 Å². The first kappa shape index (κ1) is 34.5. The van der Waals surface area contributed by atoms with Crippen LogP contribution in [0, 0.1) is 0 Å². The molecule has 0 aliphatic rings. The monoisotopic (exact) mass is 502 g/mol. The Morgan fingerprint density at radius 3 is 1.38 bits per heavy atom. The fraction of sp³-hybridized carbons (Fsp3) is 1.00. The minimum Gasteiger partial charge on any atom is -0.394 e. The highest BCUT2D eigenvalue weighted by Gasteiger charge is 2.10. The van der Waals surface area contributed by atoms with E-state index in [0.29, 0.717) is 6.10 Å². The van der Waals surface area contributed by atoms with Crippen LogP contribution in [-0.2, 0) is 14.0 Å². The Kier molecular flexibility index (Phi) is 28.0. The maximum atomic E-state index is 9.12. The molecule has 0 saturated heterocycles. The summed E-state index contributed by atoms with van der Waals surface area (Å²) in [5.74, 6) is 1.83. The molecular formula is C23H51O7PS. The number of hydrogen-bond donors (Lipinski definition) is 4. The molecule has 9 heteroatoms. The first-order valence-corrected chi connectivity index (χ1v) is 15.0. The van der Waals surface area contributed by atoms with E-state index in [1.54, 1.807) is 7.11 Å². The Morgan fingerprint density at radius 1 is 0.688 bits per heavy atom. The van der Waals surface area contributed by atoms with Crippen LogP contribution < -0.4 is 0 Å². The van der Waals surface area contributed by atoms with Gasteiger partial charge in [-0.2, -0.15) is 11.8 Å². The molecule has 0 amide bonds. The number of methoxy groups -OCH3 is 2. The van der Waals surface area contributed by atoms with Crippen LogP contribution in [0.1, 0.15) is 103 Å². The molecule has 0 radical (unpaired) electrons. The van der Waals surface area contributed by atoms with Crippen LogP contribution in [0.3, 0.4) is 0 Å². The summed E-state index contributed by atoms with van der Waals surface area (Å²) in [6.07, 6.45) is 21.1. The van der Waals surface area contributed by atoms with E-state index in [0.717, 1.165) is 17.9 Å². The Hall–Kier alpha value is 0.340. The van der Waals surface area contributed by atoms with Gasteiger partial charge in [-0.05, 0) is 6.42 Å². The van der Waals surface area contributed by atoms with Crippen molar-refractivity contribution in [3.8, 4) is 0 Å². The Balaban J connectivity index is 0. The van der Waals surface area contributed by atoms with Gasteiger partial charge in [-0.3, -0.25) is 0 Å². The highest BCUT2D eigenvalue weighted by molar-refractivity contribution is 7.99. The second-order valence-electron chi connectivity index (χ2n) is 8.33. The van der Waals surface area contributed by atoms with Gasteiger partial charge in [0.25, 0.3) is 0 Å². The Labute approximate surface area is 201 Å². The predicted molar refractivity (Wildman–Crippen MR) is 135 cm³/mol. The molecule has 4 N–H and O–H groups in total. The third kappa shape index (κ3) is 32.5. The normalized spacial score (nSPS) is 13.5.